The molecule has 4 rings (SSSR count). The molecule has 0 bridgehead atoms. The Morgan fingerprint density at radius 2 is 1.63 bits per heavy atom. The second-order valence-electron chi connectivity index (χ2n) is 4.92. The Hall–Kier alpha value is -1.86. The average Bonchev–Trinajstić information content (AvgIpc) is 2.86. The van der Waals surface area contributed by atoms with Crippen molar-refractivity contribution in [2.45, 2.75) is 12.8 Å². The predicted molar refractivity (Wildman–Crippen MR) is 83.7 cm³/mol. The molecule has 3 aromatic rings. The quantitative estimate of drug-likeness (QED) is 0.559. The van der Waals surface area contributed by atoms with E-state index in [-0.39, 0.29) is 0 Å². The SMILES string of the molecule is C1=C(c2ccccc2)c2c(sc3ccccc23)CC1. The van der Waals surface area contributed by atoms with Crippen LogP contribution < -0.4 is 0 Å². The number of hydrogen-bond acceptors (Lipinski definition) is 1. The van der Waals surface area contributed by atoms with Crippen molar-refractivity contribution < 1.29 is 0 Å². The highest BCUT2D eigenvalue weighted by Crippen LogP contribution is 2.41. The molecule has 19 heavy (non-hydrogen) atoms. The molecule has 0 unspecified atom stereocenters. The molecule has 0 spiro atoms. The third-order valence-corrected chi connectivity index (χ3v) is 4.97. The van der Waals surface area contributed by atoms with Gasteiger partial charge < -0.3 is 0 Å². The van der Waals surface area contributed by atoms with Crippen molar-refractivity contribution in [3.63, 3.8) is 0 Å². The lowest BCUT2D eigenvalue weighted by Crippen LogP contribution is -1.97. The molecule has 1 aromatic heterocycles. The van der Waals surface area contributed by atoms with Crippen molar-refractivity contribution in [1.82, 2.24) is 0 Å². The molecular weight excluding hydrogens is 248 g/mol. The largest absolute Gasteiger partial charge is 0.140 e. The molecular formula is C18H14S. The number of allylic oxidation sites excluding steroid dienone is 1. The van der Waals surface area contributed by atoms with E-state index in [0.29, 0.717) is 0 Å². The van der Waals surface area contributed by atoms with Gasteiger partial charge in [0.2, 0.25) is 0 Å². The van der Waals surface area contributed by atoms with Gasteiger partial charge in [-0.1, -0.05) is 54.6 Å². The van der Waals surface area contributed by atoms with E-state index in [1.807, 2.05) is 11.3 Å². The fraction of sp³-hybridized carbons (Fsp3) is 0.111. The van der Waals surface area contributed by atoms with Crippen molar-refractivity contribution in [2.75, 3.05) is 0 Å². The molecule has 0 atom stereocenters. The number of fused-ring (bicyclic) bond motifs is 3. The molecule has 0 N–H and O–H groups in total. The summed E-state index contributed by atoms with van der Waals surface area (Å²) in [4.78, 5) is 1.54. The molecule has 92 valence electrons. The standard InChI is InChI=1S/C18H14S/c1-2-7-13(8-3-1)14-10-6-12-17-18(14)15-9-4-5-11-16(15)19-17/h1-5,7-11H,6,12H2. The van der Waals surface area contributed by atoms with E-state index in [1.165, 1.54) is 33.2 Å². The second-order valence-corrected chi connectivity index (χ2v) is 6.06. The predicted octanol–water partition coefficient (Wildman–Crippen LogP) is 5.28. The third kappa shape index (κ3) is 1.73. The first-order valence-corrected chi connectivity index (χ1v) is 7.51. The van der Waals surface area contributed by atoms with Gasteiger partial charge in [0.15, 0.2) is 0 Å². The van der Waals surface area contributed by atoms with Gasteiger partial charge in [-0.3, -0.25) is 0 Å². The van der Waals surface area contributed by atoms with E-state index < -0.39 is 0 Å². The van der Waals surface area contributed by atoms with Crippen molar-refractivity contribution >= 4 is 27.0 Å². The molecule has 1 aliphatic rings. The van der Waals surface area contributed by atoms with Gasteiger partial charge in [-0.15, -0.1) is 11.3 Å². The number of hydrogen-bond donors (Lipinski definition) is 0. The molecule has 0 saturated carbocycles. The zero-order chi connectivity index (χ0) is 12.7. The van der Waals surface area contributed by atoms with Gasteiger partial charge in [-0.2, -0.15) is 0 Å². The topological polar surface area (TPSA) is 0 Å². The van der Waals surface area contributed by atoms with Gasteiger partial charge in [0, 0.05) is 20.5 Å². The molecule has 0 nitrogen and oxygen atoms in total. The number of thiophene rings is 1. The number of benzene rings is 2. The number of aryl methyl sites for hydroxylation is 1. The zero-order valence-electron chi connectivity index (χ0n) is 10.6. The minimum Gasteiger partial charge on any atom is -0.140 e. The van der Waals surface area contributed by atoms with Crippen LogP contribution in [0.1, 0.15) is 22.4 Å². The van der Waals surface area contributed by atoms with E-state index in [1.54, 1.807) is 4.88 Å². The summed E-state index contributed by atoms with van der Waals surface area (Å²) in [6.45, 7) is 0. The van der Waals surface area contributed by atoms with Crippen LogP contribution in [0.5, 0.6) is 0 Å². The first kappa shape index (κ1) is 11.0. The Bertz CT molecular complexity index is 763. The second kappa shape index (κ2) is 4.36. The maximum atomic E-state index is 2.40. The summed E-state index contributed by atoms with van der Waals surface area (Å²) in [5.74, 6) is 0. The first-order valence-electron chi connectivity index (χ1n) is 6.70. The summed E-state index contributed by atoms with van der Waals surface area (Å²) in [7, 11) is 0. The highest BCUT2D eigenvalue weighted by atomic mass is 32.1. The van der Waals surface area contributed by atoms with Crippen LogP contribution in [0.3, 0.4) is 0 Å². The van der Waals surface area contributed by atoms with E-state index in [4.69, 9.17) is 0 Å². The maximum absolute atomic E-state index is 2.40. The minimum atomic E-state index is 1.16. The monoisotopic (exact) mass is 262 g/mol. The summed E-state index contributed by atoms with van der Waals surface area (Å²) in [6.07, 6.45) is 4.74. The summed E-state index contributed by atoms with van der Waals surface area (Å²) in [5, 5.41) is 1.41. The number of rotatable bonds is 1. The maximum Gasteiger partial charge on any atom is 0.0352 e. The summed E-state index contributed by atoms with van der Waals surface area (Å²) in [5.41, 5.74) is 4.23. The molecule has 2 aromatic carbocycles. The molecule has 1 heterocycles. The Morgan fingerprint density at radius 1 is 0.842 bits per heavy atom. The Kier molecular flexibility index (Phi) is 2.52. The van der Waals surface area contributed by atoms with Crippen LogP contribution in [0.2, 0.25) is 0 Å². The van der Waals surface area contributed by atoms with Crippen LogP contribution in [-0.2, 0) is 6.42 Å². The van der Waals surface area contributed by atoms with E-state index in [9.17, 15) is 0 Å². The van der Waals surface area contributed by atoms with Crippen LogP contribution in [0.25, 0.3) is 15.7 Å². The summed E-state index contributed by atoms with van der Waals surface area (Å²) < 4.78 is 1.41. The van der Waals surface area contributed by atoms with Gasteiger partial charge in [-0.25, -0.2) is 0 Å². The highest BCUT2D eigenvalue weighted by molar-refractivity contribution is 7.19. The average molecular weight is 262 g/mol. The third-order valence-electron chi connectivity index (χ3n) is 3.74. The Morgan fingerprint density at radius 3 is 2.53 bits per heavy atom. The van der Waals surface area contributed by atoms with Crippen LogP contribution in [0, 0.1) is 0 Å². The van der Waals surface area contributed by atoms with Crippen LogP contribution in [-0.4, -0.2) is 0 Å². The van der Waals surface area contributed by atoms with Crippen LogP contribution in [0.4, 0.5) is 0 Å². The molecule has 1 aliphatic carbocycles. The van der Waals surface area contributed by atoms with Gasteiger partial charge in [0.1, 0.15) is 0 Å². The van der Waals surface area contributed by atoms with E-state index in [2.05, 4.69) is 60.7 Å². The first-order chi connectivity index (χ1) is 9.43. The molecule has 0 radical (unpaired) electrons. The molecule has 0 fully saturated rings. The zero-order valence-corrected chi connectivity index (χ0v) is 11.4. The lowest BCUT2D eigenvalue weighted by Gasteiger charge is -2.15. The lowest BCUT2D eigenvalue weighted by atomic mass is 9.90. The van der Waals surface area contributed by atoms with Crippen molar-refractivity contribution in [3.8, 4) is 0 Å². The van der Waals surface area contributed by atoms with Crippen molar-refractivity contribution in [1.29, 1.82) is 0 Å². The van der Waals surface area contributed by atoms with E-state index in [0.717, 1.165) is 6.42 Å². The molecule has 0 aliphatic heterocycles. The van der Waals surface area contributed by atoms with Crippen molar-refractivity contribution in [3.05, 3.63) is 76.7 Å². The lowest BCUT2D eigenvalue weighted by molar-refractivity contribution is 1.01. The Balaban J connectivity index is 2.00. The fourth-order valence-corrected chi connectivity index (χ4v) is 4.13. The van der Waals surface area contributed by atoms with Gasteiger partial charge in [0.25, 0.3) is 0 Å². The van der Waals surface area contributed by atoms with Crippen LogP contribution >= 0.6 is 11.3 Å². The van der Waals surface area contributed by atoms with Crippen molar-refractivity contribution in [2.24, 2.45) is 0 Å². The molecule has 0 amide bonds. The van der Waals surface area contributed by atoms with Crippen LogP contribution in [0.15, 0.2) is 60.7 Å². The van der Waals surface area contributed by atoms with Gasteiger partial charge in [-0.05, 0) is 30.0 Å². The van der Waals surface area contributed by atoms with E-state index >= 15 is 0 Å². The minimum absolute atomic E-state index is 1.16. The Labute approximate surface area is 117 Å². The highest BCUT2D eigenvalue weighted by Gasteiger charge is 2.19. The normalized spacial score (nSPS) is 14.2. The molecule has 1 heteroatoms. The fourth-order valence-electron chi connectivity index (χ4n) is 2.90. The molecule has 0 saturated heterocycles. The summed E-state index contributed by atoms with van der Waals surface area (Å²) >= 11 is 1.96. The van der Waals surface area contributed by atoms with Gasteiger partial charge >= 0.3 is 0 Å². The van der Waals surface area contributed by atoms with Gasteiger partial charge in [0.05, 0.1) is 0 Å². The summed E-state index contributed by atoms with van der Waals surface area (Å²) in [6, 6.07) is 19.5. The smallest absolute Gasteiger partial charge is 0.0352 e.